The van der Waals surface area contributed by atoms with Gasteiger partial charge in [0.2, 0.25) is 5.60 Å². The van der Waals surface area contributed by atoms with Crippen LogP contribution in [0, 0.1) is 0 Å². The Morgan fingerprint density at radius 2 is 1.58 bits per heavy atom. The summed E-state index contributed by atoms with van der Waals surface area (Å²) < 4.78 is 40.0. The molecule has 1 N–H and O–H groups in total. The van der Waals surface area contributed by atoms with Gasteiger partial charge < -0.3 is 5.11 Å². The first-order valence-corrected chi connectivity index (χ1v) is 5.92. The first kappa shape index (κ1) is 12.5. The van der Waals surface area contributed by atoms with Crippen molar-refractivity contribution in [1.82, 2.24) is 0 Å². The molecule has 0 heterocycles. The molecule has 0 saturated heterocycles. The third kappa shape index (κ3) is 1.53. The largest absolute Gasteiger partial charge is 0.425 e. The summed E-state index contributed by atoms with van der Waals surface area (Å²) in [6.07, 6.45) is -4.79. The van der Waals surface area contributed by atoms with Gasteiger partial charge in [-0.25, -0.2) is 0 Å². The highest BCUT2D eigenvalue weighted by molar-refractivity contribution is 6.31. The van der Waals surface area contributed by atoms with Crippen LogP contribution in [0.3, 0.4) is 0 Å². The predicted octanol–water partition coefficient (Wildman–Crippen LogP) is 4.12. The molecule has 0 bridgehead atoms. The summed E-state index contributed by atoms with van der Waals surface area (Å²) in [4.78, 5) is 0. The number of halogens is 4. The number of alkyl halides is 3. The van der Waals surface area contributed by atoms with Crippen LogP contribution in [0.1, 0.15) is 11.1 Å². The van der Waals surface area contributed by atoms with E-state index in [-0.39, 0.29) is 11.1 Å². The van der Waals surface area contributed by atoms with Crippen molar-refractivity contribution in [2.45, 2.75) is 11.8 Å². The van der Waals surface area contributed by atoms with E-state index in [1.54, 1.807) is 12.1 Å². The van der Waals surface area contributed by atoms with Gasteiger partial charge in [0, 0.05) is 16.1 Å². The zero-order chi connectivity index (χ0) is 13.8. The van der Waals surface area contributed by atoms with Crippen molar-refractivity contribution < 1.29 is 18.3 Å². The van der Waals surface area contributed by atoms with E-state index in [1.165, 1.54) is 30.3 Å². The Balaban J connectivity index is 2.41. The summed E-state index contributed by atoms with van der Waals surface area (Å²) in [5, 5.41) is 10.6. The predicted molar refractivity (Wildman–Crippen MR) is 65.9 cm³/mol. The molecule has 3 rings (SSSR count). The van der Waals surface area contributed by atoms with Gasteiger partial charge in [-0.3, -0.25) is 0 Å². The SMILES string of the molecule is OC1(C(F)(F)F)c2ccccc2-c2cc(Cl)ccc21. The van der Waals surface area contributed by atoms with E-state index in [1.807, 2.05) is 0 Å². The van der Waals surface area contributed by atoms with Crippen LogP contribution in [0.4, 0.5) is 13.2 Å². The molecule has 98 valence electrons. The summed E-state index contributed by atoms with van der Waals surface area (Å²) >= 11 is 5.83. The van der Waals surface area contributed by atoms with Gasteiger partial charge in [0.1, 0.15) is 0 Å². The number of fused-ring (bicyclic) bond motifs is 3. The van der Waals surface area contributed by atoms with E-state index >= 15 is 0 Å². The quantitative estimate of drug-likeness (QED) is 0.771. The molecule has 0 aliphatic heterocycles. The maximum Gasteiger partial charge on any atom is 0.425 e. The molecule has 0 fully saturated rings. The number of hydrogen-bond acceptors (Lipinski definition) is 1. The molecule has 2 aromatic carbocycles. The van der Waals surface area contributed by atoms with Crippen molar-refractivity contribution in [2.24, 2.45) is 0 Å². The molecule has 1 atom stereocenters. The fourth-order valence-electron chi connectivity index (χ4n) is 2.54. The van der Waals surface area contributed by atoms with E-state index in [0.29, 0.717) is 16.1 Å². The topological polar surface area (TPSA) is 20.2 Å². The maximum absolute atomic E-state index is 13.3. The zero-order valence-electron chi connectivity index (χ0n) is 9.50. The van der Waals surface area contributed by atoms with Gasteiger partial charge in [0.25, 0.3) is 0 Å². The average molecular weight is 285 g/mol. The lowest BCUT2D eigenvalue weighted by Crippen LogP contribution is -2.41. The van der Waals surface area contributed by atoms with Gasteiger partial charge in [0.15, 0.2) is 0 Å². The lowest BCUT2D eigenvalue weighted by Gasteiger charge is -2.28. The monoisotopic (exact) mass is 284 g/mol. The molecular weight excluding hydrogens is 277 g/mol. The van der Waals surface area contributed by atoms with E-state index in [9.17, 15) is 18.3 Å². The molecule has 0 aromatic heterocycles. The van der Waals surface area contributed by atoms with Crippen molar-refractivity contribution in [3.63, 3.8) is 0 Å². The second kappa shape index (κ2) is 3.74. The van der Waals surface area contributed by atoms with Gasteiger partial charge in [-0.1, -0.05) is 41.9 Å². The van der Waals surface area contributed by atoms with E-state index < -0.39 is 11.8 Å². The number of hydrogen-bond donors (Lipinski definition) is 1. The second-order valence-electron chi connectivity index (χ2n) is 4.44. The number of rotatable bonds is 0. The Bertz CT molecular complexity index is 666. The molecule has 0 radical (unpaired) electrons. The van der Waals surface area contributed by atoms with Crippen LogP contribution >= 0.6 is 11.6 Å². The third-order valence-corrected chi connectivity index (χ3v) is 3.62. The lowest BCUT2D eigenvalue weighted by atomic mass is 9.91. The summed E-state index contributed by atoms with van der Waals surface area (Å²) in [6.45, 7) is 0. The summed E-state index contributed by atoms with van der Waals surface area (Å²) in [5.74, 6) is 0. The van der Waals surface area contributed by atoms with Crippen molar-refractivity contribution in [2.75, 3.05) is 0 Å². The summed E-state index contributed by atoms with van der Waals surface area (Å²) in [6, 6.07) is 9.97. The Morgan fingerprint density at radius 3 is 2.26 bits per heavy atom. The minimum atomic E-state index is -4.79. The molecule has 0 saturated carbocycles. The van der Waals surface area contributed by atoms with Gasteiger partial charge in [-0.15, -0.1) is 0 Å². The lowest BCUT2D eigenvalue weighted by molar-refractivity contribution is -0.246. The van der Waals surface area contributed by atoms with Gasteiger partial charge in [0.05, 0.1) is 0 Å². The Morgan fingerprint density at radius 1 is 0.947 bits per heavy atom. The molecular formula is C14H8ClF3O. The Kier molecular flexibility index (Phi) is 2.46. The van der Waals surface area contributed by atoms with Crippen LogP contribution in [0.15, 0.2) is 42.5 Å². The number of benzene rings is 2. The zero-order valence-corrected chi connectivity index (χ0v) is 10.3. The van der Waals surface area contributed by atoms with Gasteiger partial charge in [-0.2, -0.15) is 13.2 Å². The van der Waals surface area contributed by atoms with Crippen LogP contribution in [-0.2, 0) is 5.60 Å². The fraction of sp³-hybridized carbons (Fsp3) is 0.143. The van der Waals surface area contributed by atoms with Crippen LogP contribution in [0.5, 0.6) is 0 Å². The third-order valence-electron chi connectivity index (χ3n) is 3.39. The highest BCUT2D eigenvalue weighted by Gasteiger charge is 2.60. The number of aliphatic hydroxyl groups is 1. The molecule has 1 nitrogen and oxygen atoms in total. The molecule has 1 aliphatic carbocycles. The molecule has 19 heavy (non-hydrogen) atoms. The minimum Gasteiger partial charge on any atom is -0.372 e. The van der Waals surface area contributed by atoms with E-state index in [4.69, 9.17) is 11.6 Å². The van der Waals surface area contributed by atoms with Crippen molar-refractivity contribution in [3.05, 3.63) is 58.6 Å². The van der Waals surface area contributed by atoms with Crippen LogP contribution in [-0.4, -0.2) is 11.3 Å². The van der Waals surface area contributed by atoms with Crippen molar-refractivity contribution in [1.29, 1.82) is 0 Å². The van der Waals surface area contributed by atoms with Gasteiger partial charge in [-0.05, 0) is 23.3 Å². The standard InChI is InChI=1S/C14H8ClF3O/c15-8-5-6-12-10(7-8)9-3-1-2-4-11(9)13(12,19)14(16,17)18/h1-7,19H. The van der Waals surface area contributed by atoms with E-state index in [2.05, 4.69) is 0 Å². The Labute approximate surface area is 112 Å². The molecule has 2 aromatic rings. The smallest absolute Gasteiger partial charge is 0.372 e. The van der Waals surface area contributed by atoms with Crippen LogP contribution in [0.2, 0.25) is 5.02 Å². The molecule has 5 heteroatoms. The average Bonchev–Trinajstić information content (AvgIpc) is 2.61. The summed E-state index contributed by atoms with van der Waals surface area (Å²) in [5.41, 5.74) is -2.61. The highest BCUT2D eigenvalue weighted by atomic mass is 35.5. The molecule has 1 aliphatic rings. The maximum atomic E-state index is 13.3. The van der Waals surface area contributed by atoms with Crippen LogP contribution < -0.4 is 0 Å². The molecule has 1 unspecified atom stereocenters. The minimum absolute atomic E-state index is 0.153. The van der Waals surface area contributed by atoms with Gasteiger partial charge >= 0.3 is 6.18 Å². The first-order valence-electron chi connectivity index (χ1n) is 5.54. The van der Waals surface area contributed by atoms with Crippen molar-refractivity contribution in [3.8, 4) is 11.1 Å². The molecule has 0 amide bonds. The van der Waals surface area contributed by atoms with Crippen molar-refractivity contribution >= 4 is 11.6 Å². The Hall–Kier alpha value is -1.52. The summed E-state index contributed by atoms with van der Waals surface area (Å²) in [7, 11) is 0. The normalized spacial score (nSPS) is 21.1. The second-order valence-corrected chi connectivity index (χ2v) is 4.88. The highest BCUT2D eigenvalue weighted by Crippen LogP contribution is 2.55. The first-order chi connectivity index (χ1) is 8.85. The molecule has 0 spiro atoms. The van der Waals surface area contributed by atoms with E-state index in [0.717, 1.165) is 0 Å². The fourth-order valence-corrected chi connectivity index (χ4v) is 2.71. The van der Waals surface area contributed by atoms with Crippen LogP contribution in [0.25, 0.3) is 11.1 Å².